The molecule has 3 nitrogen and oxygen atoms in total. The molecule has 1 aromatic rings. The normalized spacial score (nSPS) is 11.4. The Bertz CT molecular complexity index is 393. The van der Waals surface area contributed by atoms with Gasteiger partial charge in [-0.2, -0.15) is 0 Å². The van der Waals surface area contributed by atoms with Gasteiger partial charge in [0.25, 0.3) is 0 Å². The second kappa shape index (κ2) is 5.55. The average Bonchev–Trinajstić information content (AvgIpc) is 2.17. The molecule has 0 aliphatic heterocycles. The quantitative estimate of drug-likeness (QED) is 0.481. The maximum atomic E-state index is 5.98. The number of hydrogen-bond acceptors (Lipinski definition) is 3. The first kappa shape index (κ1) is 12.6. The second-order valence-corrected chi connectivity index (χ2v) is 4.47. The summed E-state index contributed by atoms with van der Waals surface area (Å²) in [5.74, 6) is 0.723. The van der Waals surface area contributed by atoms with Crippen LogP contribution in [0.25, 0.3) is 0 Å². The summed E-state index contributed by atoms with van der Waals surface area (Å²) < 4.78 is 6.35. The van der Waals surface area contributed by atoms with E-state index in [0.29, 0.717) is 0 Å². The lowest BCUT2D eigenvalue weighted by molar-refractivity contribution is 0.214. The summed E-state index contributed by atoms with van der Waals surface area (Å²) in [5.41, 5.74) is 1.76. The van der Waals surface area contributed by atoms with Crippen LogP contribution in [-0.4, -0.2) is 19.4 Å². The van der Waals surface area contributed by atoms with E-state index in [-0.39, 0.29) is 5.17 Å². The van der Waals surface area contributed by atoms with E-state index >= 15 is 0 Å². The molecule has 1 rings (SSSR count). The van der Waals surface area contributed by atoms with Gasteiger partial charge in [0, 0.05) is 3.57 Å². The first-order valence-corrected chi connectivity index (χ1v) is 5.67. The summed E-state index contributed by atoms with van der Waals surface area (Å²) in [7, 11) is 3.06. The SMILES string of the molecule is CO/N=C(\Cl)c1cc(I)cc(C)c1OC. The standard InChI is InChI=1S/C10H11ClINO2/c1-6-4-7(12)5-8(9(6)14-2)10(11)13-15-3/h4-5H,1-3H3/b13-10-. The molecule has 5 heteroatoms. The van der Waals surface area contributed by atoms with Crippen molar-refractivity contribution < 1.29 is 9.57 Å². The molecule has 0 unspecified atom stereocenters. The first-order chi connectivity index (χ1) is 7.10. The van der Waals surface area contributed by atoms with Gasteiger partial charge in [-0.05, 0) is 47.2 Å². The molecule has 0 fully saturated rings. The largest absolute Gasteiger partial charge is 0.496 e. The van der Waals surface area contributed by atoms with Crippen molar-refractivity contribution in [2.75, 3.05) is 14.2 Å². The Hall–Kier alpha value is -0.490. The summed E-state index contributed by atoms with van der Waals surface area (Å²) >= 11 is 8.19. The minimum absolute atomic E-state index is 0.288. The van der Waals surface area contributed by atoms with Crippen molar-refractivity contribution >= 4 is 39.4 Å². The fourth-order valence-corrected chi connectivity index (χ4v) is 2.27. The highest BCUT2D eigenvalue weighted by molar-refractivity contribution is 14.1. The van der Waals surface area contributed by atoms with Crippen LogP contribution in [0.2, 0.25) is 0 Å². The molecule has 0 aliphatic carbocycles. The molecule has 0 heterocycles. The predicted molar refractivity (Wildman–Crippen MR) is 69.8 cm³/mol. The van der Waals surface area contributed by atoms with Crippen molar-refractivity contribution in [1.29, 1.82) is 0 Å². The third-order valence-electron chi connectivity index (χ3n) is 1.84. The maximum absolute atomic E-state index is 5.98. The van der Waals surface area contributed by atoms with Crippen LogP contribution in [0.1, 0.15) is 11.1 Å². The van der Waals surface area contributed by atoms with E-state index < -0.39 is 0 Å². The van der Waals surface area contributed by atoms with Gasteiger partial charge >= 0.3 is 0 Å². The van der Waals surface area contributed by atoms with Gasteiger partial charge in [-0.15, -0.1) is 0 Å². The molecule has 0 aliphatic rings. The second-order valence-electron chi connectivity index (χ2n) is 2.87. The van der Waals surface area contributed by atoms with Crippen molar-refractivity contribution in [3.8, 4) is 5.75 Å². The van der Waals surface area contributed by atoms with E-state index in [1.807, 2.05) is 19.1 Å². The van der Waals surface area contributed by atoms with E-state index in [1.165, 1.54) is 7.11 Å². The highest BCUT2D eigenvalue weighted by Gasteiger charge is 2.12. The van der Waals surface area contributed by atoms with Crippen LogP contribution in [0.4, 0.5) is 0 Å². The Kier molecular flexibility index (Phi) is 4.66. The number of nitrogens with zero attached hydrogens (tertiary/aromatic N) is 1. The molecule has 0 aromatic heterocycles. The number of aryl methyl sites for hydroxylation is 1. The summed E-state index contributed by atoms with van der Waals surface area (Å²) in [4.78, 5) is 4.64. The smallest absolute Gasteiger partial charge is 0.179 e. The van der Waals surface area contributed by atoms with E-state index in [1.54, 1.807) is 7.11 Å². The Balaban J connectivity index is 3.32. The first-order valence-electron chi connectivity index (χ1n) is 4.21. The van der Waals surface area contributed by atoms with Gasteiger partial charge in [0.2, 0.25) is 0 Å². The zero-order valence-corrected chi connectivity index (χ0v) is 11.6. The number of methoxy groups -OCH3 is 1. The predicted octanol–water partition coefficient (Wildman–Crippen LogP) is 3.16. The summed E-state index contributed by atoms with van der Waals surface area (Å²) in [5, 5.41) is 3.97. The highest BCUT2D eigenvalue weighted by Crippen LogP contribution is 2.27. The molecule has 0 atom stereocenters. The topological polar surface area (TPSA) is 30.8 Å². The zero-order chi connectivity index (χ0) is 11.4. The fourth-order valence-electron chi connectivity index (χ4n) is 1.28. The fraction of sp³-hybridized carbons (Fsp3) is 0.300. The van der Waals surface area contributed by atoms with Crippen LogP contribution in [0.15, 0.2) is 17.3 Å². The summed E-state index contributed by atoms with van der Waals surface area (Å²) in [6, 6.07) is 3.91. The minimum atomic E-state index is 0.288. The summed E-state index contributed by atoms with van der Waals surface area (Å²) in [6.45, 7) is 1.96. The van der Waals surface area contributed by atoms with Gasteiger partial charge in [-0.1, -0.05) is 16.8 Å². The molecule has 0 amide bonds. The number of benzene rings is 1. The molecule has 0 bridgehead atoms. The number of halogens is 2. The lowest BCUT2D eigenvalue weighted by atomic mass is 10.1. The van der Waals surface area contributed by atoms with Crippen molar-refractivity contribution in [3.05, 3.63) is 26.8 Å². The highest BCUT2D eigenvalue weighted by atomic mass is 127. The molecule has 82 valence electrons. The van der Waals surface area contributed by atoms with Gasteiger partial charge in [-0.3, -0.25) is 0 Å². The van der Waals surface area contributed by atoms with Gasteiger partial charge < -0.3 is 9.57 Å². The number of ether oxygens (including phenoxy) is 1. The van der Waals surface area contributed by atoms with Crippen LogP contribution in [0.5, 0.6) is 5.75 Å². The van der Waals surface area contributed by atoms with Gasteiger partial charge in [0.05, 0.1) is 12.7 Å². The Labute approximate surface area is 108 Å². The van der Waals surface area contributed by atoms with Gasteiger partial charge in [0.1, 0.15) is 12.9 Å². The van der Waals surface area contributed by atoms with E-state index in [9.17, 15) is 0 Å². The van der Waals surface area contributed by atoms with E-state index in [2.05, 4.69) is 32.6 Å². The minimum Gasteiger partial charge on any atom is -0.496 e. The molecule has 0 spiro atoms. The Morgan fingerprint density at radius 3 is 2.60 bits per heavy atom. The van der Waals surface area contributed by atoms with Crippen molar-refractivity contribution in [2.24, 2.45) is 5.16 Å². The van der Waals surface area contributed by atoms with Crippen molar-refractivity contribution in [2.45, 2.75) is 6.92 Å². The van der Waals surface area contributed by atoms with E-state index in [0.717, 1.165) is 20.4 Å². The number of rotatable bonds is 3. The van der Waals surface area contributed by atoms with Crippen LogP contribution < -0.4 is 4.74 Å². The zero-order valence-electron chi connectivity index (χ0n) is 8.67. The number of hydrogen-bond donors (Lipinski definition) is 0. The molecule has 0 saturated heterocycles. The third-order valence-corrected chi connectivity index (χ3v) is 2.73. The number of oxime groups is 1. The van der Waals surface area contributed by atoms with Crippen LogP contribution >= 0.6 is 34.2 Å². The van der Waals surface area contributed by atoms with E-state index in [4.69, 9.17) is 16.3 Å². The molecule has 0 saturated carbocycles. The molecule has 0 N–H and O–H groups in total. The van der Waals surface area contributed by atoms with Crippen LogP contribution in [0.3, 0.4) is 0 Å². The Morgan fingerprint density at radius 1 is 1.40 bits per heavy atom. The summed E-state index contributed by atoms with van der Waals surface area (Å²) in [6.07, 6.45) is 0. The van der Waals surface area contributed by atoms with Crippen molar-refractivity contribution in [3.63, 3.8) is 0 Å². The molecule has 15 heavy (non-hydrogen) atoms. The maximum Gasteiger partial charge on any atom is 0.179 e. The lowest BCUT2D eigenvalue weighted by Gasteiger charge is -2.10. The molecular weight excluding hydrogens is 328 g/mol. The van der Waals surface area contributed by atoms with Crippen LogP contribution in [-0.2, 0) is 4.84 Å². The van der Waals surface area contributed by atoms with Crippen LogP contribution in [0, 0.1) is 10.5 Å². The Morgan fingerprint density at radius 2 is 2.07 bits per heavy atom. The average molecular weight is 340 g/mol. The molecule has 1 aromatic carbocycles. The van der Waals surface area contributed by atoms with Gasteiger partial charge in [-0.25, -0.2) is 0 Å². The third kappa shape index (κ3) is 2.98. The lowest BCUT2D eigenvalue weighted by Crippen LogP contribution is -2.00. The molecular formula is C10H11ClINO2. The monoisotopic (exact) mass is 339 g/mol. The molecule has 0 radical (unpaired) electrons. The van der Waals surface area contributed by atoms with Gasteiger partial charge in [0.15, 0.2) is 5.17 Å². The van der Waals surface area contributed by atoms with Crippen molar-refractivity contribution in [1.82, 2.24) is 0 Å².